The number of non-ortho nitro benzene ring substituents is 2. The average Bonchev–Trinajstić information content (AvgIpc) is 3.56. The van der Waals surface area contributed by atoms with Crippen molar-refractivity contribution < 1.29 is 38.8 Å². The van der Waals surface area contributed by atoms with E-state index < -0.39 is 40.0 Å². The predicted octanol–water partition coefficient (Wildman–Crippen LogP) is 3.76. The maximum absolute atomic E-state index is 13.4. The molecule has 2 amide bonds. The molecule has 2 aromatic carbocycles. The van der Waals surface area contributed by atoms with Gasteiger partial charge < -0.3 is 24.4 Å². The molecule has 0 bridgehead atoms. The molecule has 15 heteroatoms. The van der Waals surface area contributed by atoms with Gasteiger partial charge in [-0.15, -0.1) is 11.8 Å². The maximum Gasteiger partial charge on any atom is 0.410 e. The highest BCUT2D eigenvalue weighted by Crippen LogP contribution is 2.52. The van der Waals surface area contributed by atoms with Gasteiger partial charge in [0.25, 0.3) is 11.4 Å². The van der Waals surface area contributed by atoms with Crippen molar-refractivity contribution >= 4 is 41.1 Å². The first-order valence-corrected chi connectivity index (χ1v) is 14.8. The van der Waals surface area contributed by atoms with Crippen molar-refractivity contribution in [2.45, 2.75) is 50.9 Å². The summed E-state index contributed by atoms with van der Waals surface area (Å²) in [6.45, 7) is 3.99. The van der Waals surface area contributed by atoms with E-state index in [1.165, 1.54) is 65.2 Å². The molecule has 3 aliphatic heterocycles. The lowest BCUT2D eigenvalue weighted by Gasteiger charge is -2.46. The van der Waals surface area contributed by atoms with E-state index in [1.54, 1.807) is 11.8 Å². The van der Waals surface area contributed by atoms with E-state index in [1.807, 2.05) is 6.92 Å². The Labute approximate surface area is 255 Å². The topological polar surface area (TPSA) is 183 Å². The van der Waals surface area contributed by atoms with E-state index in [9.17, 15) is 39.7 Å². The number of carbonyl (C=O) groups is 3. The quantitative estimate of drug-likeness (QED) is 0.175. The van der Waals surface area contributed by atoms with Crippen LogP contribution in [-0.2, 0) is 32.3 Å². The van der Waals surface area contributed by atoms with Crippen molar-refractivity contribution in [2.75, 3.05) is 13.1 Å². The van der Waals surface area contributed by atoms with Crippen molar-refractivity contribution in [1.29, 1.82) is 0 Å². The molecule has 2 aromatic rings. The fourth-order valence-corrected chi connectivity index (χ4v) is 7.20. The lowest BCUT2D eigenvalue weighted by molar-refractivity contribution is -0.385. The molecule has 232 valence electrons. The van der Waals surface area contributed by atoms with E-state index in [-0.39, 0.29) is 47.4 Å². The molecule has 0 radical (unpaired) electrons. The van der Waals surface area contributed by atoms with Gasteiger partial charge in [-0.3, -0.25) is 25.0 Å². The summed E-state index contributed by atoms with van der Waals surface area (Å²) >= 11 is 1.40. The molecule has 3 heterocycles. The zero-order valence-electron chi connectivity index (χ0n) is 23.9. The summed E-state index contributed by atoms with van der Waals surface area (Å²) in [5, 5.41) is 31.9. The lowest BCUT2D eigenvalue weighted by atomic mass is 9.79. The number of esters is 1. The normalized spacial score (nSPS) is 23.2. The number of aliphatic hydroxyl groups is 1. The molecular formula is C29H30N4O10S. The fraction of sp³-hybridized carbons (Fsp3) is 0.414. The van der Waals surface area contributed by atoms with E-state index >= 15 is 0 Å². The van der Waals surface area contributed by atoms with Crippen molar-refractivity contribution in [3.05, 3.63) is 90.5 Å². The Morgan fingerprint density at radius 2 is 1.55 bits per heavy atom. The van der Waals surface area contributed by atoms with Crippen LogP contribution < -0.4 is 0 Å². The van der Waals surface area contributed by atoms with E-state index in [0.29, 0.717) is 35.5 Å². The Morgan fingerprint density at radius 1 is 1.00 bits per heavy atom. The van der Waals surface area contributed by atoms with Gasteiger partial charge in [0.15, 0.2) is 0 Å². The van der Waals surface area contributed by atoms with Gasteiger partial charge in [0.2, 0.25) is 5.91 Å². The van der Waals surface area contributed by atoms with E-state index in [2.05, 4.69) is 0 Å². The summed E-state index contributed by atoms with van der Waals surface area (Å²) in [5.41, 5.74) is 1.12. The van der Waals surface area contributed by atoms with E-state index in [0.717, 1.165) is 0 Å². The number of benzene rings is 2. The van der Waals surface area contributed by atoms with Crippen molar-refractivity contribution in [2.24, 2.45) is 11.8 Å². The molecule has 2 saturated heterocycles. The number of thioether (sulfide) groups is 1. The Balaban J connectivity index is 1.25. The van der Waals surface area contributed by atoms with Gasteiger partial charge in [-0.25, -0.2) is 9.59 Å². The van der Waals surface area contributed by atoms with Gasteiger partial charge in [-0.2, -0.15) is 0 Å². The highest BCUT2D eigenvalue weighted by molar-refractivity contribution is 8.03. The lowest BCUT2D eigenvalue weighted by Crippen LogP contribution is -2.63. The minimum Gasteiger partial charge on any atom is -0.456 e. The first kappa shape index (κ1) is 30.9. The van der Waals surface area contributed by atoms with Crippen LogP contribution in [0.1, 0.15) is 31.4 Å². The molecule has 5 rings (SSSR count). The van der Waals surface area contributed by atoms with Crippen molar-refractivity contribution in [1.82, 2.24) is 9.80 Å². The number of carbonyl (C=O) groups excluding carboxylic acids is 3. The van der Waals surface area contributed by atoms with Crippen LogP contribution in [0.15, 0.2) is 59.1 Å². The summed E-state index contributed by atoms with van der Waals surface area (Å²) in [4.78, 5) is 63.5. The summed E-state index contributed by atoms with van der Waals surface area (Å²) in [7, 11) is 0. The number of nitrogens with zero attached hydrogens (tertiary/aromatic N) is 4. The minimum atomic E-state index is -0.902. The number of nitro benzene ring substituents is 2. The molecule has 4 unspecified atom stereocenters. The molecule has 1 N–H and O–H groups in total. The third-order valence-electron chi connectivity index (χ3n) is 8.03. The number of hydrogen-bond acceptors (Lipinski definition) is 11. The minimum absolute atomic E-state index is 0.0441. The third kappa shape index (κ3) is 6.10. The monoisotopic (exact) mass is 626 g/mol. The first-order valence-electron chi connectivity index (χ1n) is 13.9. The number of nitro groups is 2. The zero-order valence-corrected chi connectivity index (χ0v) is 24.7. The van der Waals surface area contributed by atoms with Crippen LogP contribution in [0.25, 0.3) is 0 Å². The molecule has 14 nitrogen and oxygen atoms in total. The van der Waals surface area contributed by atoms with Crippen molar-refractivity contribution in [3.8, 4) is 0 Å². The van der Waals surface area contributed by atoms with Crippen LogP contribution in [0, 0.1) is 32.1 Å². The van der Waals surface area contributed by atoms with Crippen molar-refractivity contribution in [3.63, 3.8) is 0 Å². The van der Waals surface area contributed by atoms with Gasteiger partial charge >= 0.3 is 12.1 Å². The van der Waals surface area contributed by atoms with Crippen LogP contribution in [0.3, 0.4) is 0 Å². The molecule has 5 atom stereocenters. The molecule has 0 aromatic heterocycles. The van der Waals surface area contributed by atoms with Gasteiger partial charge in [-0.1, -0.05) is 6.92 Å². The Morgan fingerprint density at radius 3 is 2.07 bits per heavy atom. The first-order chi connectivity index (χ1) is 21.0. The summed E-state index contributed by atoms with van der Waals surface area (Å²) in [6.07, 6.45) is -0.826. The SMILES string of the molecule is CC(O)C1C(=O)N2C(C(=O)OCc3ccc([N+](=O)[O-])cc3)=C(SC3CCN(C(=O)OCc4ccc([N+](=O)[O-])cc4)C3)C(C)[C@H]12. The molecule has 44 heavy (non-hydrogen) atoms. The second-order valence-electron chi connectivity index (χ2n) is 10.9. The maximum atomic E-state index is 13.4. The molecule has 2 fully saturated rings. The van der Waals surface area contributed by atoms with Crippen LogP contribution >= 0.6 is 11.8 Å². The number of β-lactam (4-membered cyclic amide) rings is 1. The Bertz CT molecular complexity index is 1510. The van der Waals surface area contributed by atoms with Gasteiger partial charge in [-0.05, 0) is 48.7 Å². The smallest absolute Gasteiger partial charge is 0.410 e. The number of aliphatic hydroxyl groups excluding tert-OH is 1. The number of fused-ring (bicyclic) bond motifs is 1. The molecule has 0 aliphatic carbocycles. The molecule has 0 saturated carbocycles. The number of ether oxygens (including phenoxy) is 2. The average molecular weight is 627 g/mol. The standard InChI is InChI=1S/C29H30N4O10S/c1-16-24-23(17(2)34)27(35)31(24)25(28(36)42-14-18-3-7-20(8-4-18)32(38)39)26(16)44-22-11-12-30(13-22)29(37)43-15-19-5-9-21(10-6-19)33(40)41/h3-10,16-17,22-24,34H,11-15H2,1-2H3/t16?,17?,22?,23?,24-/m1/s1. The second kappa shape index (κ2) is 12.6. The van der Waals surface area contributed by atoms with Gasteiger partial charge in [0, 0.05) is 53.4 Å². The summed E-state index contributed by atoms with van der Waals surface area (Å²) in [5.74, 6) is -2.00. The molecular weight excluding hydrogens is 596 g/mol. The molecule has 0 spiro atoms. The van der Waals surface area contributed by atoms with Gasteiger partial charge in [0.05, 0.1) is 27.9 Å². The second-order valence-corrected chi connectivity index (χ2v) is 12.3. The predicted molar refractivity (Wildman–Crippen MR) is 156 cm³/mol. The summed E-state index contributed by atoms with van der Waals surface area (Å²) < 4.78 is 11.0. The van der Waals surface area contributed by atoms with E-state index in [4.69, 9.17) is 9.47 Å². The van der Waals surface area contributed by atoms with Crippen LogP contribution in [0.5, 0.6) is 0 Å². The number of amides is 2. The highest BCUT2D eigenvalue weighted by Gasteiger charge is 2.60. The fourth-order valence-electron chi connectivity index (χ4n) is 5.72. The number of hydrogen-bond donors (Lipinski definition) is 1. The summed E-state index contributed by atoms with van der Waals surface area (Å²) in [6, 6.07) is 10.9. The molecule has 3 aliphatic rings. The Hall–Kier alpha value is -4.50. The largest absolute Gasteiger partial charge is 0.456 e. The Kier molecular flexibility index (Phi) is 8.87. The third-order valence-corrected chi connectivity index (χ3v) is 9.56. The van der Waals surface area contributed by atoms with Crippen LogP contribution in [0.2, 0.25) is 0 Å². The van der Waals surface area contributed by atoms with Crippen LogP contribution in [-0.4, -0.2) is 73.2 Å². The zero-order chi connectivity index (χ0) is 31.7. The number of likely N-dealkylation sites (tertiary alicyclic amines) is 1. The van der Waals surface area contributed by atoms with Crippen LogP contribution in [0.4, 0.5) is 16.2 Å². The van der Waals surface area contributed by atoms with Gasteiger partial charge in [0.1, 0.15) is 18.9 Å². The highest BCUT2D eigenvalue weighted by atomic mass is 32.2. The number of rotatable bonds is 10.